The summed E-state index contributed by atoms with van der Waals surface area (Å²) in [4.78, 5) is 12.4. The number of phenols is 2. The van der Waals surface area contributed by atoms with E-state index in [4.69, 9.17) is 4.74 Å². The number of hydrogen-bond acceptors (Lipinski definition) is 4. The van der Waals surface area contributed by atoms with Crippen LogP contribution in [0.1, 0.15) is 41.3 Å². The molecule has 0 bridgehead atoms. The summed E-state index contributed by atoms with van der Waals surface area (Å²) in [6, 6.07) is 9.90. The molecule has 2 rings (SSSR count). The molecule has 0 radical (unpaired) electrons. The zero-order valence-corrected chi connectivity index (χ0v) is 12.8. The maximum atomic E-state index is 12.4. The standard InChI is InChI=1S/C18H20O4/c1-3-4-10-22-18-12(2)16(20)14(11-15(18)19)17(21)13-8-6-5-7-9-13/h5-9,11,19-20H,3-4,10H2,1-2H3. The molecule has 2 aromatic rings. The minimum Gasteiger partial charge on any atom is -0.507 e. The lowest BCUT2D eigenvalue weighted by atomic mass is 9.99. The van der Waals surface area contributed by atoms with Gasteiger partial charge in [0.05, 0.1) is 12.2 Å². The molecule has 0 saturated carbocycles. The van der Waals surface area contributed by atoms with E-state index in [1.807, 2.05) is 13.0 Å². The number of carbonyl (C=O) groups is 1. The number of aromatic hydroxyl groups is 2. The van der Waals surface area contributed by atoms with Gasteiger partial charge in [0, 0.05) is 11.1 Å². The van der Waals surface area contributed by atoms with Gasteiger partial charge >= 0.3 is 0 Å². The molecule has 0 heterocycles. The number of benzene rings is 2. The van der Waals surface area contributed by atoms with Crippen molar-refractivity contribution in [2.45, 2.75) is 26.7 Å². The second-order valence-electron chi connectivity index (χ2n) is 5.14. The molecule has 0 amide bonds. The van der Waals surface area contributed by atoms with E-state index in [-0.39, 0.29) is 28.6 Å². The average Bonchev–Trinajstić information content (AvgIpc) is 2.54. The second kappa shape index (κ2) is 6.98. The van der Waals surface area contributed by atoms with Gasteiger partial charge in [-0.1, -0.05) is 43.7 Å². The van der Waals surface area contributed by atoms with Gasteiger partial charge in [0.1, 0.15) is 5.75 Å². The van der Waals surface area contributed by atoms with Crippen molar-refractivity contribution in [2.75, 3.05) is 6.61 Å². The minimum absolute atomic E-state index is 0.0732. The third-order valence-corrected chi connectivity index (χ3v) is 3.49. The average molecular weight is 300 g/mol. The van der Waals surface area contributed by atoms with Gasteiger partial charge in [-0.3, -0.25) is 4.79 Å². The number of phenolic OH excluding ortho intramolecular Hbond substituents is 2. The van der Waals surface area contributed by atoms with E-state index in [1.54, 1.807) is 31.2 Å². The fraction of sp³-hybridized carbons (Fsp3) is 0.278. The van der Waals surface area contributed by atoms with Crippen LogP contribution in [0.4, 0.5) is 0 Å². The molecule has 0 aromatic heterocycles. The van der Waals surface area contributed by atoms with Crippen LogP contribution >= 0.6 is 0 Å². The van der Waals surface area contributed by atoms with Crippen molar-refractivity contribution < 1.29 is 19.7 Å². The fourth-order valence-corrected chi connectivity index (χ4v) is 2.19. The van der Waals surface area contributed by atoms with Gasteiger partial charge in [0.25, 0.3) is 0 Å². The summed E-state index contributed by atoms with van der Waals surface area (Å²) in [5.74, 6) is -0.393. The van der Waals surface area contributed by atoms with Crippen molar-refractivity contribution in [3.8, 4) is 17.2 Å². The van der Waals surface area contributed by atoms with Gasteiger partial charge in [-0.15, -0.1) is 0 Å². The Morgan fingerprint density at radius 1 is 1.18 bits per heavy atom. The number of carbonyl (C=O) groups excluding carboxylic acids is 1. The van der Waals surface area contributed by atoms with Gasteiger partial charge in [0.2, 0.25) is 0 Å². The van der Waals surface area contributed by atoms with Crippen LogP contribution in [0.5, 0.6) is 17.2 Å². The molecule has 0 atom stereocenters. The molecule has 0 saturated heterocycles. The molecule has 2 N–H and O–H groups in total. The Kier molecular flexibility index (Phi) is 5.04. The van der Waals surface area contributed by atoms with Crippen LogP contribution in [0.2, 0.25) is 0 Å². The van der Waals surface area contributed by atoms with Crippen LogP contribution in [0.15, 0.2) is 36.4 Å². The van der Waals surface area contributed by atoms with Crippen molar-refractivity contribution in [3.63, 3.8) is 0 Å². The first-order valence-corrected chi connectivity index (χ1v) is 7.34. The van der Waals surface area contributed by atoms with Crippen LogP contribution in [-0.2, 0) is 0 Å². The molecule has 2 aromatic carbocycles. The Morgan fingerprint density at radius 2 is 1.86 bits per heavy atom. The molecular weight excluding hydrogens is 280 g/mol. The van der Waals surface area contributed by atoms with Crippen molar-refractivity contribution in [1.82, 2.24) is 0 Å². The fourth-order valence-electron chi connectivity index (χ4n) is 2.19. The number of unbranched alkanes of at least 4 members (excludes halogenated alkanes) is 1. The highest BCUT2D eigenvalue weighted by atomic mass is 16.5. The molecular formula is C18H20O4. The van der Waals surface area contributed by atoms with E-state index >= 15 is 0 Å². The van der Waals surface area contributed by atoms with Crippen LogP contribution in [0.3, 0.4) is 0 Å². The first kappa shape index (κ1) is 15.9. The van der Waals surface area contributed by atoms with Crippen molar-refractivity contribution in [3.05, 3.63) is 53.1 Å². The maximum Gasteiger partial charge on any atom is 0.196 e. The Hall–Kier alpha value is -2.49. The first-order chi connectivity index (χ1) is 10.6. The van der Waals surface area contributed by atoms with E-state index in [0.29, 0.717) is 17.7 Å². The number of rotatable bonds is 6. The summed E-state index contributed by atoms with van der Waals surface area (Å²) >= 11 is 0. The van der Waals surface area contributed by atoms with Gasteiger partial charge in [-0.2, -0.15) is 0 Å². The quantitative estimate of drug-likeness (QED) is 0.483. The molecule has 4 nitrogen and oxygen atoms in total. The van der Waals surface area contributed by atoms with E-state index in [1.165, 1.54) is 6.07 Å². The molecule has 22 heavy (non-hydrogen) atoms. The van der Waals surface area contributed by atoms with Crippen molar-refractivity contribution >= 4 is 5.78 Å². The van der Waals surface area contributed by atoms with Gasteiger partial charge < -0.3 is 14.9 Å². The van der Waals surface area contributed by atoms with Crippen LogP contribution in [-0.4, -0.2) is 22.6 Å². The number of hydrogen-bond donors (Lipinski definition) is 2. The molecule has 0 unspecified atom stereocenters. The third kappa shape index (κ3) is 3.22. The number of ether oxygens (including phenoxy) is 1. The maximum absolute atomic E-state index is 12.4. The highest BCUT2D eigenvalue weighted by Crippen LogP contribution is 2.39. The highest BCUT2D eigenvalue weighted by molar-refractivity contribution is 6.11. The Morgan fingerprint density at radius 3 is 2.50 bits per heavy atom. The van der Waals surface area contributed by atoms with E-state index in [9.17, 15) is 15.0 Å². The topological polar surface area (TPSA) is 66.8 Å². The smallest absolute Gasteiger partial charge is 0.196 e. The highest BCUT2D eigenvalue weighted by Gasteiger charge is 2.21. The summed E-state index contributed by atoms with van der Waals surface area (Å²) in [5.41, 5.74) is 0.899. The summed E-state index contributed by atoms with van der Waals surface area (Å²) < 4.78 is 5.51. The zero-order chi connectivity index (χ0) is 16.1. The van der Waals surface area contributed by atoms with Gasteiger partial charge in [0.15, 0.2) is 17.3 Å². The summed E-state index contributed by atoms with van der Waals surface area (Å²) in [5, 5.41) is 20.4. The zero-order valence-electron chi connectivity index (χ0n) is 12.8. The summed E-state index contributed by atoms with van der Waals surface area (Å²) in [6.07, 6.45) is 1.82. The first-order valence-electron chi connectivity index (χ1n) is 7.34. The van der Waals surface area contributed by atoms with Crippen LogP contribution in [0, 0.1) is 6.92 Å². The lowest BCUT2D eigenvalue weighted by molar-refractivity contribution is 0.103. The van der Waals surface area contributed by atoms with Gasteiger partial charge in [-0.25, -0.2) is 0 Å². The monoisotopic (exact) mass is 300 g/mol. The molecule has 0 aliphatic carbocycles. The molecule has 4 heteroatoms. The van der Waals surface area contributed by atoms with Crippen LogP contribution < -0.4 is 4.74 Å². The van der Waals surface area contributed by atoms with E-state index in [0.717, 1.165) is 12.8 Å². The molecule has 0 aliphatic heterocycles. The number of ketones is 1. The van der Waals surface area contributed by atoms with Crippen molar-refractivity contribution in [1.29, 1.82) is 0 Å². The largest absolute Gasteiger partial charge is 0.507 e. The second-order valence-corrected chi connectivity index (χ2v) is 5.14. The predicted octanol–water partition coefficient (Wildman–Crippen LogP) is 3.82. The summed E-state index contributed by atoms with van der Waals surface area (Å²) in [7, 11) is 0. The van der Waals surface area contributed by atoms with Gasteiger partial charge in [-0.05, 0) is 19.4 Å². The molecule has 0 aliphatic rings. The molecule has 116 valence electrons. The summed E-state index contributed by atoms with van der Waals surface area (Å²) in [6.45, 7) is 4.11. The Balaban J connectivity index is 2.37. The normalized spacial score (nSPS) is 10.5. The Labute approximate surface area is 130 Å². The minimum atomic E-state index is -0.336. The lowest BCUT2D eigenvalue weighted by Gasteiger charge is -2.14. The van der Waals surface area contributed by atoms with Crippen LogP contribution in [0.25, 0.3) is 0 Å². The third-order valence-electron chi connectivity index (χ3n) is 3.49. The SMILES string of the molecule is CCCCOc1c(O)cc(C(=O)c2ccccc2)c(O)c1C. The lowest BCUT2D eigenvalue weighted by Crippen LogP contribution is -2.05. The molecule has 0 spiro atoms. The van der Waals surface area contributed by atoms with Crippen molar-refractivity contribution in [2.24, 2.45) is 0 Å². The molecule has 0 fully saturated rings. The van der Waals surface area contributed by atoms with E-state index < -0.39 is 0 Å². The van der Waals surface area contributed by atoms with E-state index in [2.05, 4.69) is 0 Å². The predicted molar refractivity (Wildman–Crippen MR) is 84.8 cm³/mol. The Bertz CT molecular complexity index is 663.